The van der Waals surface area contributed by atoms with Gasteiger partial charge in [0.2, 0.25) is 0 Å². The normalized spacial score (nSPS) is 20.6. The molecule has 0 fully saturated rings. The van der Waals surface area contributed by atoms with Gasteiger partial charge in [0.05, 0.1) is 11.1 Å². The van der Waals surface area contributed by atoms with Crippen molar-refractivity contribution in [3.05, 3.63) is 32.9 Å². The maximum absolute atomic E-state index is 12.7. The molecule has 5 nitrogen and oxygen atoms in total. The number of phenolic OH excluding ortho intramolecular Hbond substituents is 2. The summed E-state index contributed by atoms with van der Waals surface area (Å²) in [7, 11) is 0. The lowest BCUT2D eigenvalue weighted by Gasteiger charge is -2.41. The molecule has 1 aromatic rings. The van der Waals surface area contributed by atoms with Crippen LogP contribution in [0.1, 0.15) is 44.2 Å². The highest BCUT2D eigenvalue weighted by atomic mass is 35.5. The van der Waals surface area contributed by atoms with Gasteiger partial charge < -0.3 is 20.4 Å². The zero-order valence-corrected chi connectivity index (χ0v) is 15.9. The summed E-state index contributed by atoms with van der Waals surface area (Å²) in [6.07, 6.45) is 2.86. The van der Waals surface area contributed by atoms with Crippen molar-refractivity contribution in [3.8, 4) is 11.5 Å². The topological polar surface area (TPSA) is 72.8 Å². The summed E-state index contributed by atoms with van der Waals surface area (Å²) in [5, 5.41) is 23.6. The molecule has 8 heteroatoms. The average molecular weight is 401 g/mol. The van der Waals surface area contributed by atoms with Crippen LogP contribution in [-0.4, -0.2) is 32.6 Å². The summed E-state index contributed by atoms with van der Waals surface area (Å²) >= 11 is 17.5. The van der Waals surface area contributed by atoms with E-state index in [9.17, 15) is 15.0 Å². The van der Waals surface area contributed by atoms with Crippen LogP contribution >= 0.6 is 35.4 Å². The number of carbonyl (C=O) groups excluding carboxylic acids is 1. The van der Waals surface area contributed by atoms with Crippen molar-refractivity contribution >= 4 is 46.3 Å². The Morgan fingerprint density at radius 2 is 2.04 bits per heavy atom. The number of rotatable bonds is 3. The molecule has 3 rings (SSSR count). The van der Waals surface area contributed by atoms with Gasteiger partial charge in [0, 0.05) is 29.8 Å². The summed E-state index contributed by atoms with van der Waals surface area (Å²) in [5.74, 6) is -0.681. The predicted octanol–water partition coefficient (Wildman–Crippen LogP) is 4.05. The monoisotopic (exact) mass is 400 g/mol. The Kier molecular flexibility index (Phi) is 5.14. The first kappa shape index (κ1) is 18.3. The summed E-state index contributed by atoms with van der Waals surface area (Å²) in [5.41, 5.74) is 1.81. The van der Waals surface area contributed by atoms with Crippen LogP contribution in [0.25, 0.3) is 0 Å². The number of ketones is 1. The Morgan fingerprint density at radius 3 is 2.72 bits per heavy atom. The number of Topliss-reactive ketones (excluding diaryl/α,β-unsaturated/α-hetero) is 1. The molecule has 0 bridgehead atoms. The van der Waals surface area contributed by atoms with Crippen molar-refractivity contribution in [1.29, 1.82) is 0 Å². The Bertz CT molecular complexity index is 795. The van der Waals surface area contributed by atoms with Crippen molar-refractivity contribution in [3.63, 3.8) is 0 Å². The van der Waals surface area contributed by atoms with E-state index in [1.54, 1.807) is 0 Å². The Balaban J connectivity index is 2.18. The van der Waals surface area contributed by atoms with Crippen molar-refractivity contribution in [2.75, 3.05) is 6.54 Å². The molecule has 134 valence electrons. The molecule has 25 heavy (non-hydrogen) atoms. The fraction of sp³-hybridized carbons (Fsp3) is 0.412. The molecular formula is C17H18Cl2N2O3S. The molecule has 1 aliphatic carbocycles. The number of hydrogen-bond donors (Lipinski definition) is 3. The van der Waals surface area contributed by atoms with Gasteiger partial charge in [-0.2, -0.15) is 0 Å². The van der Waals surface area contributed by atoms with Crippen molar-refractivity contribution in [2.24, 2.45) is 0 Å². The summed E-state index contributed by atoms with van der Waals surface area (Å²) < 4.78 is 0. The number of nitrogens with zero attached hydrogens (tertiary/aromatic N) is 1. The molecule has 0 amide bonds. The van der Waals surface area contributed by atoms with E-state index in [-0.39, 0.29) is 27.3 Å². The van der Waals surface area contributed by atoms with Crippen molar-refractivity contribution in [2.45, 2.75) is 38.6 Å². The van der Waals surface area contributed by atoms with E-state index in [0.29, 0.717) is 29.2 Å². The summed E-state index contributed by atoms with van der Waals surface area (Å²) in [4.78, 5) is 14.6. The second-order valence-corrected chi connectivity index (χ2v) is 7.30. The lowest BCUT2D eigenvalue weighted by molar-refractivity contribution is -0.116. The predicted molar refractivity (Wildman–Crippen MR) is 101 cm³/mol. The van der Waals surface area contributed by atoms with E-state index < -0.39 is 6.04 Å². The minimum atomic E-state index is -0.640. The maximum atomic E-state index is 12.7. The number of thiocarbonyl (C=S) groups is 1. The molecule has 3 N–H and O–H groups in total. The van der Waals surface area contributed by atoms with Crippen LogP contribution in [0.5, 0.6) is 11.5 Å². The zero-order valence-electron chi connectivity index (χ0n) is 13.6. The molecular weight excluding hydrogens is 383 g/mol. The zero-order chi connectivity index (χ0) is 18.3. The number of phenols is 2. The minimum absolute atomic E-state index is 0.00640. The van der Waals surface area contributed by atoms with Gasteiger partial charge in [-0.3, -0.25) is 4.79 Å². The van der Waals surface area contributed by atoms with Gasteiger partial charge >= 0.3 is 0 Å². The van der Waals surface area contributed by atoms with E-state index in [2.05, 4.69) is 5.32 Å². The van der Waals surface area contributed by atoms with Gasteiger partial charge in [-0.25, -0.2) is 0 Å². The molecule has 0 spiro atoms. The number of halogens is 2. The molecule has 0 aromatic heterocycles. The van der Waals surface area contributed by atoms with Gasteiger partial charge in [0.15, 0.2) is 16.6 Å². The lowest BCUT2D eigenvalue weighted by Crippen LogP contribution is -2.49. The molecule has 1 heterocycles. The second-order valence-electron chi connectivity index (χ2n) is 6.13. The molecule has 1 aliphatic heterocycles. The highest BCUT2D eigenvalue weighted by molar-refractivity contribution is 7.80. The van der Waals surface area contributed by atoms with Crippen LogP contribution in [0.2, 0.25) is 10.0 Å². The number of aromatic hydroxyl groups is 2. The van der Waals surface area contributed by atoms with Gasteiger partial charge in [-0.1, -0.05) is 30.1 Å². The average Bonchev–Trinajstić information content (AvgIpc) is 2.58. The highest BCUT2D eigenvalue weighted by Crippen LogP contribution is 2.46. The summed E-state index contributed by atoms with van der Waals surface area (Å²) in [6.45, 7) is 2.76. The van der Waals surface area contributed by atoms with E-state index in [4.69, 9.17) is 35.4 Å². The maximum Gasteiger partial charge on any atom is 0.173 e. The molecule has 1 unspecified atom stereocenters. The van der Waals surface area contributed by atoms with Crippen molar-refractivity contribution < 1.29 is 15.0 Å². The molecule has 1 atom stereocenters. The first-order valence-corrected chi connectivity index (χ1v) is 9.27. The lowest BCUT2D eigenvalue weighted by atomic mass is 9.84. The number of benzene rings is 1. The Labute approximate surface area is 161 Å². The van der Waals surface area contributed by atoms with E-state index in [1.807, 2.05) is 11.8 Å². The van der Waals surface area contributed by atoms with E-state index in [1.165, 1.54) is 6.07 Å². The summed E-state index contributed by atoms with van der Waals surface area (Å²) in [6, 6.07) is 0.777. The number of allylic oxidation sites excluding steroid dienone is 1. The third kappa shape index (κ3) is 3.07. The number of nitrogens with one attached hydrogen (secondary N) is 1. The van der Waals surface area contributed by atoms with Crippen LogP contribution in [0.3, 0.4) is 0 Å². The SMILES string of the molecule is CCCN1C(=S)NC(c2cc(Cl)c(O)c(Cl)c2O)C2=C1CCCC2=O. The molecule has 2 aliphatic rings. The first-order valence-electron chi connectivity index (χ1n) is 8.10. The Hall–Kier alpha value is -1.50. The molecule has 0 saturated heterocycles. The van der Waals surface area contributed by atoms with Crippen LogP contribution in [0.4, 0.5) is 0 Å². The van der Waals surface area contributed by atoms with Crippen LogP contribution < -0.4 is 5.32 Å². The van der Waals surface area contributed by atoms with Gasteiger partial charge in [0.25, 0.3) is 0 Å². The second kappa shape index (κ2) is 7.02. The van der Waals surface area contributed by atoms with Crippen LogP contribution in [-0.2, 0) is 4.79 Å². The quantitative estimate of drug-likeness (QED) is 0.664. The van der Waals surface area contributed by atoms with Gasteiger partial charge in [0.1, 0.15) is 10.8 Å². The van der Waals surface area contributed by atoms with Crippen molar-refractivity contribution in [1.82, 2.24) is 10.2 Å². The van der Waals surface area contributed by atoms with Crippen LogP contribution in [0, 0.1) is 0 Å². The van der Waals surface area contributed by atoms with E-state index >= 15 is 0 Å². The van der Waals surface area contributed by atoms with E-state index in [0.717, 1.165) is 25.0 Å². The largest absolute Gasteiger partial charge is 0.506 e. The minimum Gasteiger partial charge on any atom is -0.506 e. The molecule has 0 radical (unpaired) electrons. The van der Waals surface area contributed by atoms with Gasteiger partial charge in [-0.15, -0.1) is 0 Å². The fourth-order valence-corrected chi connectivity index (χ4v) is 4.17. The Morgan fingerprint density at radius 1 is 1.32 bits per heavy atom. The fourth-order valence-electron chi connectivity index (χ4n) is 3.38. The standard InChI is InChI=1S/C17H18Cl2N2O3S/c1-2-6-21-10-4-3-5-11(22)12(10)14(20-17(21)25)8-7-9(18)16(24)13(19)15(8)23/h7,14,23-24H,2-6H2,1H3,(H,20,25). The smallest absolute Gasteiger partial charge is 0.173 e. The third-order valence-corrected chi connectivity index (χ3v) is 5.50. The highest BCUT2D eigenvalue weighted by Gasteiger charge is 2.38. The first-order chi connectivity index (χ1) is 11.9. The molecule has 0 saturated carbocycles. The number of carbonyl (C=O) groups is 1. The van der Waals surface area contributed by atoms with Crippen LogP contribution in [0.15, 0.2) is 17.3 Å². The third-order valence-electron chi connectivity index (χ3n) is 4.51. The number of hydrogen-bond acceptors (Lipinski definition) is 4. The van der Waals surface area contributed by atoms with Gasteiger partial charge in [-0.05, 0) is 37.5 Å². The molecule has 1 aromatic carbocycles.